The van der Waals surface area contributed by atoms with Crippen LogP contribution in [0.5, 0.6) is 0 Å². The fourth-order valence-corrected chi connectivity index (χ4v) is 3.88. The van der Waals surface area contributed by atoms with Crippen molar-refractivity contribution >= 4 is 34.8 Å². The lowest BCUT2D eigenvalue weighted by Gasteiger charge is -2.24. The standard InChI is InChI=1S/C15H19Cl3O/c1-8-9(2)19-10(3)15(8)14(18)7-11-4-5-12(16)13(17)6-11/h4-6,8-10,14-15H,7H2,1-3H3. The third kappa shape index (κ3) is 3.39. The monoisotopic (exact) mass is 320 g/mol. The summed E-state index contributed by atoms with van der Waals surface area (Å²) in [6.45, 7) is 6.43. The number of hydrogen-bond acceptors (Lipinski definition) is 1. The van der Waals surface area contributed by atoms with E-state index in [1.165, 1.54) is 0 Å². The number of alkyl halides is 1. The molecule has 0 aliphatic carbocycles. The Hall–Kier alpha value is 0.0500. The third-order valence-corrected chi connectivity index (χ3v) is 5.34. The van der Waals surface area contributed by atoms with Gasteiger partial charge in [0, 0.05) is 11.3 Å². The predicted molar refractivity (Wildman–Crippen MR) is 82.5 cm³/mol. The molecule has 19 heavy (non-hydrogen) atoms. The van der Waals surface area contributed by atoms with E-state index in [2.05, 4.69) is 20.8 Å². The second kappa shape index (κ2) is 6.22. The summed E-state index contributed by atoms with van der Waals surface area (Å²) in [5.41, 5.74) is 1.12. The number of benzene rings is 1. The van der Waals surface area contributed by atoms with E-state index in [0.717, 1.165) is 12.0 Å². The van der Waals surface area contributed by atoms with E-state index in [-0.39, 0.29) is 17.6 Å². The molecule has 1 fully saturated rings. The van der Waals surface area contributed by atoms with Crippen molar-refractivity contribution in [2.75, 3.05) is 0 Å². The van der Waals surface area contributed by atoms with Crippen LogP contribution in [0, 0.1) is 11.8 Å². The van der Waals surface area contributed by atoms with Crippen LogP contribution in [0.4, 0.5) is 0 Å². The minimum atomic E-state index is 0.0483. The lowest BCUT2D eigenvalue weighted by Crippen LogP contribution is -2.28. The summed E-state index contributed by atoms with van der Waals surface area (Å²) in [7, 11) is 0. The van der Waals surface area contributed by atoms with Crippen LogP contribution in [0.1, 0.15) is 26.3 Å². The van der Waals surface area contributed by atoms with Gasteiger partial charge in [0.05, 0.1) is 22.3 Å². The molecule has 5 atom stereocenters. The maximum absolute atomic E-state index is 6.61. The normalized spacial score (nSPS) is 32.5. The van der Waals surface area contributed by atoms with Crippen LogP contribution < -0.4 is 0 Å². The molecule has 1 nitrogen and oxygen atoms in total. The molecular weight excluding hydrogens is 303 g/mol. The van der Waals surface area contributed by atoms with Crippen molar-refractivity contribution in [2.45, 2.75) is 44.8 Å². The van der Waals surface area contributed by atoms with Gasteiger partial charge in [-0.25, -0.2) is 0 Å². The first-order chi connectivity index (χ1) is 8.90. The Morgan fingerprint density at radius 3 is 2.32 bits per heavy atom. The molecule has 0 N–H and O–H groups in total. The predicted octanol–water partition coefficient (Wildman–Crippen LogP) is 5.20. The minimum absolute atomic E-state index is 0.0483. The molecule has 1 aromatic carbocycles. The Morgan fingerprint density at radius 1 is 1.11 bits per heavy atom. The van der Waals surface area contributed by atoms with Crippen molar-refractivity contribution < 1.29 is 4.74 Å². The lowest BCUT2D eigenvalue weighted by molar-refractivity contribution is 0.0508. The second-order valence-corrected chi connectivity index (χ2v) is 6.83. The smallest absolute Gasteiger partial charge is 0.0596 e. The van der Waals surface area contributed by atoms with Crippen molar-refractivity contribution in [1.29, 1.82) is 0 Å². The Balaban J connectivity index is 2.08. The molecule has 1 heterocycles. The topological polar surface area (TPSA) is 9.23 Å². The highest BCUT2D eigenvalue weighted by Crippen LogP contribution is 2.38. The molecular formula is C15H19Cl3O. The summed E-state index contributed by atoms with van der Waals surface area (Å²) in [5.74, 6) is 0.839. The molecule has 4 heteroatoms. The van der Waals surface area contributed by atoms with Gasteiger partial charge in [-0.05, 0) is 43.9 Å². The zero-order chi connectivity index (χ0) is 14.2. The minimum Gasteiger partial charge on any atom is -0.375 e. The van der Waals surface area contributed by atoms with Gasteiger partial charge in [0.2, 0.25) is 0 Å². The number of halogens is 3. The Kier molecular flexibility index (Phi) is 5.05. The van der Waals surface area contributed by atoms with Crippen molar-refractivity contribution in [2.24, 2.45) is 11.8 Å². The van der Waals surface area contributed by atoms with Gasteiger partial charge >= 0.3 is 0 Å². The quantitative estimate of drug-likeness (QED) is 0.695. The highest BCUT2D eigenvalue weighted by atomic mass is 35.5. The first-order valence-corrected chi connectivity index (χ1v) is 7.83. The number of ether oxygens (including phenoxy) is 1. The average Bonchev–Trinajstić information content (AvgIpc) is 2.58. The highest BCUT2D eigenvalue weighted by Gasteiger charge is 2.40. The van der Waals surface area contributed by atoms with Crippen molar-refractivity contribution in [1.82, 2.24) is 0 Å². The summed E-state index contributed by atoms with van der Waals surface area (Å²) in [4.78, 5) is 0. The Labute approximate surface area is 130 Å². The van der Waals surface area contributed by atoms with E-state index in [1.54, 1.807) is 0 Å². The summed E-state index contributed by atoms with van der Waals surface area (Å²) in [6.07, 6.45) is 1.26. The average molecular weight is 322 g/mol. The van der Waals surface area contributed by atoms with Gasteiger partial charge in [0.1, 0.15) is 0 Å². The zero-order valence-corrected chi connectivity index (χ0v) is 13.6. The lowest BCUT2D eigenvalue weighted by atomic mass is 9.84. The second-order valence-electron chi connectivity index (χ2n) is 5.45. The summed E-state index contributed by atoms with van der Waals surface area (Å²) in [5, 5.41) is 1.21. The first-order valence-electron chi connectivity index (χ1n) is 6.63. The molecule has 0 amide bonds. The number of hydrogen-bond donors (Lipinski definition) is 0. The van der Waals surface area contributed by atoms with Crippen LogP contribution in [0.2, 0.25) is 10.0 Å². The fraction of sp³-hybridized carbons (Fsp3) is 0.600. The molecule has 0 spiro atoms. The van der Waals surface area contributed by atoms with Crippen LogP contribution in [0.25, 0.3) is 0 Å². The Morgan fingerprint density at radius 2 is 1.79 bits per heavy atom. The van der Waals surface area contributed by atoms with E-state index >= 15 is 0 Å². The molecule has 0 radical (unpaired) electrons. The molecule has 0 bridgehead atoms. The number of rotatable bonds is 3. The van der Waals surface area contributed by atoms with Crippen LogP contribution in [0.15, 0.2) is 18.2 Å². The summed E-state index contributed by atoms with van der Waals surface area (Å²) in [6, 6.07) is 5.70. The molecule has 2 rings (SSSR count). The molecule has 1 aliphatic rings. The van der Waals surface area contributed by atoms with E-state index in [0.29, 0.717) is 21.9 Å². The molecule has 1 aromatic rings. The van der Waals surface area contributed by atoms with Gasteiger partial charge in [-0.2, -0.15) is 0 Å². The highest BCUT2D eigenvalue weighted by molar-refractivity contribution is 6.42. The van der Waals surface area contributed by atoms with Crippen LogP contribution in [-0.2, 0) is 11.2 Å². The molecule has 0 saturated carbocycles. The van der Waals surface area contributed by atoms with E-state index in [9.17, 15) is 0 Å². The molecule has 0 aromatic heterocycles. The van der Waals surface area contributed by atoms with Crippen molar-refractivity contribution in [3.63, 3.8) is 0 Å². The maximum Gasteiger partial charge on any atom is 0.0596 e. The van der Waals surface area contributed by atoms with E-state index in [4.69, 9.17) is 39.5 Å². The van der Waals surface area contributed by atoms with Crippen LogP contribution in [-0.4, -0.2) is 17.6 Å². The molecule has 5 unspecified atom stereocenters. The molecule has 1 saturated heterocycles. The molecule has 106 valence electrons. The van der Waals surface area contributed by atoms with Crippen LogP contribution >= 0.6 is 34.8 Å². The van der Waals surface area contributed by atoms with Crippen molar-refractivity contribution in [3.8, 4) is 0 Å². The van der Waals surface area contributed by atoms with Gasteiger partial charge in [-0.3, -0.25) is 0 Å². The SMILES string of the molecule is CC1OC(C)C(C(Cl)Cc2ccc(Cl)c(Cl)c2)C1C. The van der Waals surface area contributed by atoms with Crippen LogP contribution in [0.3, 0.4) is 0 Å². The van der Waals surface area contributed by atoms with Gasteiger partial charge in [-0.1, -0.05) is 36.2 Å². The Bertz CT molecular complexity index is 449. The maximum atomic E-state index is 6.61. The third-order valence-electron chi connectivity index (χ3n) is 4.15. The zero-order valence-electron chi connectivity index (χ0n) is 11.4. The van der Waals surface area contributed by atoms with E-state index < -0.39 is 0 Å². The van der Waals surface area contributed by atoms with Crippen molar-refractivity contribution in [3.05, 3.63) is 33.8 Å². The van der Waals surface area contributed by atoms with Gasteiger partial charge in [0.15, 0.2) is 0 Å². The van der Waals surface area contributed by atoms with Gasteiger partial charge in [-0.15, -0.1) is 11.6 Å². The summed E-state index contributed by atoms with van der Waals surface area (Å²) >= 11 is 18.6. The van der Waals surface area contributed by atoms with E-state index in [1.807, 2.05) is 18.2 Å². The summed E-state index contributed by atoms with van der Waals surface area (Å²) < 4.78 is 5.86. The van der Waals surface area contributed by atoms with Gasteiger partial charge < -0.3 is 4.74 Å². The first kappa shape index (κ1) is 15.4. The largest absolute Gasteiger partial charge is 0.375 e. The fourth-order valence-electron chi connectivity index (χ4n) is 2.94. The molecule has 1 aliphatic heterocycles. The van der Waals surface area contributed by atoms with Gasteiger partial charge in [0.25, 0.3) is 0 Å².